The van der Waals surface area contributed by atoms with E-state index in [9.17, 15) is 26.8 Å². The zero-order chi connectivity index (χ0) is 20.0. The second-order valence-electron chi connectivity index (χ2n) is 5.61. The maximum Gasteiger partial charge on any atom is 0.341 e. The summed E-state index contributed by atoms with van der Waals surface area (Å²) in [5.74, 6) is -4.94. The van der Waals surface area contributed by atoms with Crippen LogP contribution >= 0.6 is 0 Å². The highest BCUT2D eigenvalue weighted by Crippen LogP contribution is 2.19. The third-order valence-corrected chi connectivity index (χ3v) is 5.06. The van der Waals surface area contributed by atoms with Crippen LogP contribution in [0, 0.1) is 0 Å². The first kappa shape index (κ1) is 20.5. The van der Waals surface area contributed by atoms with E-state index in [-0.39, 0.29) is 11.6 Å². The van der Waals surface area contributed by atoms with Crippen LogP contribution in [0.2, 0.25) is 0 Å². The molecule has 2 aromatic carbocycles. The summed E-state index contributed by atoms with van der Waals surface area (Å²) in [4.78, 5) is 23.2. The van der Waals surface area contributed by atoms with Gasteiger partial charge < -0.3 is 10.1 Å². The summed E-state index contributed by atoms with van der Waals surface area (Å²) in [6.45, 7) is 1.24. The van der Waals surface area contributed by atoms with Gasteiger partial charge in [0.2, 0.25) is 9.84 Å². The molecule has 0 bridgehead atoms. The van der Waals surface area contributed by atoms with Crippen molar-refractivity contribution < 1.29 is 31.5 Å². The van der Waals surface area contributed by atoms with Gasteiger partial charge in [-0.2, -0.15) is 8.78 Å². The highest BCUT2D eigenvalue weighted by atomic mass is 32.2. The van der Waals surface area contributed by atoms with Crippen LogP contribution in [0.3, 0.4) is 0 Å². The van der Waals surface area contributed by atoms with E-state index in [0.717, 1.165) is 29.8 Å². The number of nitrogens with one attached hydrogen (secondary N) is 1. The van der Waals surface area contributed by atoms with Crippen molar-refractivity contribution in [2.24, 2.45) is 0 Å². The summed E-state index contributed by atoms with van der Waals surface area (Å²) in [6, 6.07) is 12.8. The van der Waals surface area contributed by atoms with Crippen molar-refractivity contribution >= 4 is 21.7 Å². The number of ether oxygens (including phenoxy) is 1. The molecule has 1 atom stereocenters. The molecule has 0 aliphatic heterocycles. The Kier molecular flexibility index (Phi) is 6.62. The predicted octanol–water partition coefficient (Wildman–Crippen LogP) is 2.72. The van der Waals surface area contributed by atoms with Gasteiger partial charge in [0.05, 0.1) is 16.5 Å². The van der Waals surface area contributed by atoms with Crippen molar-refractivity contribution in [3.63, 3.8) is 0 Å². The summed E-state index contributed by atoms with van der Waals surface area (Å²) < 4.78 is 52.4. The van der Waals surface area contributed by atoms with Crippen LogP contribution in [-0.4, -0.2) is 32.7 Å². The normalized spacial score (nSPS) is 12.4. The van der Waals surface area contributed by atoms with Crippen LogP contribution in [0.4, 0.5) is 8.78 Å². The Hall–Kier alpha value is -2.81. The highest BCUT2D eigenvalue weighted by Gasteiger charge is 2.26. The number of amides is 1. The van der Waals surface area contributed by atoms with Crippen LogP contribution in [0.25, 0.3) is 0 Å². The Morgan fingerprint density at radius 1 is 1.04 bits per heavy atom. The molecule has 1 amide bonds. The lowest BCUT2D eigenvalue weighted by Crippen LogP contribution is -2.31. The lowest BCUT2D eigenvalue weighted by Gasteiger charge is -2.14. The summed E-state index contributed by atoms with van der Waals surface area (Å²) in [7, 11) is -4.73. The molecule has 0 aliphatic rings. The Bertz CT molecular complexity index is 899. The van der Waals surface area contributed by atoms with Crippen LogP contribution in [0.1, 0.15) is 28.9 Å². The van der Waals surface area contributed by atoms with Gasteiger partial charge in [0.1, 0.15) is 0 Å². The summed E-state index contributed by atoms with van der Waals surface area (Å²) in [5.41, 5.74) is 0.820. The molecular formula is C18H17F2NO5S. The Labute approximate surface area is 155 Å². The quantitative estimate of drug-likeness (QED) is 0.726. The largest absolute Gasteiger partial charge is 0.452 e. The average Bonchev–Trinajstić information content (AvgIpc) is 2.66. The Morgan fingerprint density at radius 3 is 2.19 bits per heavy atom. The third kappa shape index (κ3) is 5.33. The van der Waals surface area contributed by atoms with Crippen molar-refractivity contribution in [3.05, 3.63) is 65.7 Å². The lowest BCUT2D eigenvalue weighted by molar-refractivity contribution is -0.124. The summed E-state index contributed by atoms with van der Waals surface area (Å²) in [6.07, 6.45) is 0. The minimum Gasteiger partial charge on any atom is -0.452 e. The number of carbonyl (C=O) groups is 2. The van der Waals surface area contributed by atoms with Crippen LogP contribution < -0.4 is 5.32 Å². The van der Waals surface area contributed by atoms with Crippen molar-refractivity contribution in [3.8, 4) is 0 Å². The van der Waals surface area contributed by atoms with E-state index in [0.29, 0.717) is 0 Å². The molecule has 1 N–H and O–H groups in total. The summed E-state index contributed by atoms with van der Waals surface area (Å²) >= 11 is 0. The Morgan fingerprint density at radius 2 is 1.63 bits per heavy atom. The second kappa shape index (κ2) is 8.72. The van der Waals surface area contributed by atoms with Crippen LogP contribution in [-0.2, 0) is 19.4 Å². The number of alkyl halides is 2. The fraction of sp³-hybridized carbons (Fsp3) is 0.222. The molecule has 0 saturated heterocycles. The molecule has 9 heteroatoms. The lowest BCUT2D eigenvalue weighted by atomic mass is 10.1. The van der Waals surface area contributed by atoms with Crippen molar-refractivity contribution in [1.82, 2.24) is 5.32 Å². The van der Waals surface area contributed by atoms with Crippen LogP contribution in [0.5, 0.6) is 0 Å². The summed E-state index contributed by atoms with van der Waals surface area (Å²) in [5, 5.41) is 2.67. The zero-order valence-corrected chi connectivity index (χ0v) is 15.1. The third-order valence-electron chi connectivity index (χ3n) is 3.66. The van der Waals surface area contributed by atoms with Crippen molar-refractivity contribution in [2.75, 3.05) is 6.61 Å². The van der Waals surface area contributed by atoms with Crippen LogP contribution in [0.15, 0.2) is 59.5 Å². The molecule has 0 radical (unpaired) electrons. The first-order valence-corrected chi connectivity index (χ1v) is 9.40. The van der Waals surface area contributed by atoms with Crippen molar-refractivity contribution in [1.29, 1.82) is 0 Å². The van der Waals surface area contributed by atoms with Gasteiger partial charge >= 0.3 is 11.7 Å². The van der Waals surface area contributed by atoms with Gasteiger partial charge in [-0.1, -0.05) is 30.3 Å². The molecule has 27 heavy (non-hydrogen) atoms. The topological polar surface area (TPSA) is 89.5 Å². The number of benzene rings is 2. The number of halogens is 2. The molecule has 144 valence electrons. The number of hydrogen-bond acceptors (Lipinski definition) is 5. The molecule has 0 unspecified atom stereocenters. The standard InChI is InChI=1S/C18H17F2NO5S/c1-12(13-5-3-2-4-6-13)21-16(22)11-26-17(23)14-7-9-15(10-8-14)27(24,25)18(19)20/h2-10,12,18H,11H2,1H3,(H,21,22)/t12-/m0/s1. The molecule has 0 spiro atoms. The monoisotopic (exact) mass is 397 g/mol. The fourth-order valence-electron chi connectivity index (χ4n) is 2.21. The Balaban J connectivity index is 1.91. The molecule has 0 saturated carbocycles. The minimum atomic E-state index is -4.73. The van der Waals surface area contributed by atoms with E-state index in [4.69, 9.17) is 4.74 Å². The van der Waals surface area contributed by atoms with Gasteiger partial charge in [-0.15, -0.1) is 0 Å². The van der Waals surface area contributed by atoms with E-state index in [2.05, 4.69) is 5.32 Å². The average molecular weight is 397 g/mol. The van der Waals surface area contributed by atoms with Gasteiger partial charge in [-0.25, -0.2) is 13.2 Å². The van der Waals surface area contributed by atoms with E-state index < -0.39 is 39.0 Å². The molecule has 2 rings (SSSR count). The maximum atomic E-state index is 12.5. The smallest absolute Gasteiger partial charge is 0.341 e. The predicted molar refractivity (Wildman–Crippen MR) is 92.9 cm³/mol. The van der Waals surface area contributed by atoms with Gasteiger partial charge in [0.25, 0.3) is 5.91 Å². The van der Waals surface area contributed by atoms with Gasteiger partial charge in [0, 0.05) is 0 Å². The fourth-order valence-corrected chi connectivity index (χ4v) is 2.93. The minimum absolute atomic E-state index is 0.0628. The molecule has 0 aliphatic carbocycles. The zero-order valence-electron chi connectivity index (χ0n) is 14.3. The molecule has 0 heterocycles. The van der Waals surface area contributed by atoms with Gasteiger partial charge in [-0.3, -0.25) is 4.79 Å². The number of hydrogen-bond donors (Lipinski definition) is 1. The van der Waals surface area contributed by atoms with E-state index >= 15 is 0 Å². The molecule has 0 fully saturated rings. The first-order valence-electron chi connectivity index (χ1n) is 7.85. The van der Waals surface area contributed by atoms with E-state index in [1.807, 2.05) is 30.3 Å². The molecular weight excluding hydrogens is 380 g/mol. The van der Waals surface area contributed by atoms with E-state index in [1.54, 1.807) is 6.92 Å². The first-order chi connectivity index (χ1) is 12.7. The van der Waals surface area contributed by atoms with Gasteiger partial charge in [0.15, 0.2) is 6.61 Å². The number of carbonyl (C=O) groups excluding carboxylic acids is 2. The van der Waals surface area contributed by atoms with Gasteiger partial charge in [-0.05, 0) is 36.8 Å². The maximum absolute atomic E-state index is 12.5. The number of rotatable bonds is 7. The van der Waals surface area contributed by atoms with Crippen molar-refractivity contribution in [2.45, 2.75) is 23.6 Å². The second-order valence-corrected chi connectivity index (χ2v) is 7.52. The molecule has 0 aromatic heterocycles. The SMILES string of the molecule is C[C@H](NC(=O)COC(=O)c1ccc(S(=O)(=O)C(F)F)cc1)c1ccccc1. The highest BCUT2D eigenvalue weighted by molar-refractivity contribution is 7.91. The number of sulfone groups is 1. The number of esters is 1. The molecule has 6 nitrogen and oxygen atoms in total. The molecule has 2 aromatic rings. The van der Waals surface area contributed by atoms with E-state index in [1.165, 1.54) is 0 Å².